The maximum atomic E-state index is 12.7. The number of anilines is 1. The van der Waals surface area contributed by atoms with E-state index in [2.05, 4.69) is 52.1 Å². The fourth-order valence-electron chi connectivity index (χ4n) is 3.94. The van der Waals surface area contributed by atoms with Crippen LogP contribution in [-0.2, 0) is 19.5 Å². The van der Waals surface area contributed by atoms with Crippen molar-refractivity contribution in [3.63, 3.8) is 0 Å². The minimum absolute atomic E-state index is 0.101. The Morgan fingerprint density at radius 1 is 1.07 bits per heavy atom. The Labute approximate surface area is 169 Å². The summed E-state index contributed by atoms with van der Waals surface area (Å²) in [5.41, 5.74) is 5.12. The van der Waals surface area contributed by atoms with Crippen LogP contribution in [-0.4, -0.2) is 22.2 Å². The fraction of sp³-hybridized carbons (Fsp3) is 0.167. The molecular formula is C24H22N4O. The van der Waals surface area contributed by atoms with Crippen LogP contribution in [0, 0.1) is 0 Å². The van der Waals surface area contributed by atoms with Crippen LogP contribution in [0.1, 0.15) is 27.0 Å². The molecule has 1 aliphatic rings. The number of fused-ring (bicyclic) bond motifs is 2. The molecule has 0 fully saturated rings. The summed E-state index contributed by atoms with van der Waals surface area (Å²) >= 11 is 0. The van der Waals surface area contributed by atoms with Gasteiger partial charge in [0.15, 0.2) is 0 Å². The van der Waals surface area contributed by atoms with Crippen molar-refractivity contribution < 1.29 is 4.79 Å². The number of amides is 1. The maximum absolute atomic E-state index is 12.7. The Kier molecular flexibility index (Phi) is 4.58. The second kappa shape index (κ2) is 7.53. The van der Waals surface area contributed by atoms with Gasteiger partial charge in [-0.25, -0.2) is 0 Å². The van der Waals surface area contributed by atoms with E-state index in [0.29, 0.717) is 17.8 Å². The number of carbonyl (C=O) groups is 1. The maximum Gasteiger partial charge on any atom is 0.255 e. The molecular weight excluding hydrogens is 360 g/mol. The molecule has 2 heterocycles. The molecule has 5 nitrogen and oxygen atoms in total. The molecule has 0 bridgehead atoms. The molecule has 1 amide bonds. The highest BCUT2D eigenvalue weighted by Gasteiger charge is 2.13. The molecule has 0 radical (unpaired) electrons. The number of benzene rings is 3. The Morgan fingerprint density at radius 2 is 1.97 bits per heavy atom. The van der Waals surface area contributed by atoms with Crippen LogP contribution in [0.2, 0.25) is 0 Å². The summed E-state index contributed by atoms with van der Waals surface area (Å²) in [6.45, 7) is 2.49. The lowest BCUT2D eigenvalue weighted by atomic mass is 9.98. The first-order valence-corrected chi connectivity index (χ1v) is 9.89. The van der Waals surface area contributed by atoms with Gasteiger partial charge in [0.2, 0.25) is 0 Å². The van der Waals surface area contributed by atoms with Gasteiger partial charge in [-0.1, -0.05) is 48.5 Å². The van der Waals surface area contributed by atoms with Crippen LogP contribution in [0.15, 0.2) is 73.1 Å². The van der Waals surface area contributed by atoms with Gasteiger partial charge in [0.05, 0.1) is 18.4 Å². The van der Waals surface area contributed by atoms with E-state index in [1.165, 1.54) is 27.5 Å². The third kappa shape index (κ3) is 3.65. The zero-order chi connectivity index (χ0) is 19.6. The molecule has 5 rings (SSSR count). The minimum atomic E-state index is -0.101. The van der Waals surface area contributed by atoms with Crippen molar-refractivity contribution in [2.24, 2.45) is 0 Å². The van der Waals surface area contributed by atoms with Gasteiger partial charge in [0.25, 0.3) is 5.91 Å². The molecule has 0 spiro atoms. The highest BCUT2D eigenvalue weighted by atomic mass is 16.1. The first-order valence-electron chi connectivity index (χ1n) is 9.89. The summed E-state index contributed by atoms with van der Waals surface area (Å²) in [5, 5.41) is 13.2. The van der Waals surface area contributed by atoms with Crippen molar-refractivity contribution >= 4 is 22.4 Å². The van der Waals surface area contributed by atoms with E-state index in [1.807, 2.05) is 35.1 Å². The molecule has 0 saturated carbocycles. The van der Waals surface area contributed by atoms with E-state index in [-0.39, 0.29) is 5.91 Å². The van der Waals surface area contributed by atoms with E-state index < -0.39 is 0 Å². The Morgan fingerprint density at radius 3 is 2.93 bits per heavy atom. The van der Waals surface area contributed by atoms with Crippen molar-refractivity contribution in [3.8, 4) is 0 Å². The van der Waals surface area contributed by atoms with Gasteiger partial charge in [-0.3, -0.25) is 9.48 Å². The average Bonchev–Trinajstić information content (AvgIpc) is 3.20. The van der Waals surface area contributed by atoms with Crippen molar-refractivity contribution in [3.05, 3.63) is 95.3 Å². The molecule has 0 saturated heterocycles. The van der Waals surface area contributed by atoms with Crippen LogP contribution in [0.25, 0.3) is 10.8 Å². The Bertz CT molecular complexity index is 1190. The van der Waals surface area contributed by atoms with Crippen LogP contribution in [0.3, 0.4) is 0 Å². The molecule has 0 atom stereocenters. The fourth-order valence-corrected chi connectivity index (χ4v) is 3.94. The van der Waals surface area contributed by atoms with Gasteiger partial charge < -0.3 is 10.6 Å². The number of aromatic nitrogens is 2. The zero-order valence-electron chi connectivity index (χ0n) is 16.1. The lowest BCUT2D eigenvalue weighted by Crippen LogP contribution is -2.24. The first-order chi connectivity index (χ1) is 14.3. The van der Waals surface area contributed by atoms with Crippen LogP contribution in [0.5, 0.6) is 0 Å². The summed E-state index contributed by atoms with van der Waals surface area (Å²) in [6.07, 6.45) is 4.53. The van der Waals surface area contributed by atoms with Gasteiger partial charge in [-0.2, -0.15) is 5.10 Å². The SMILES string of the molecule is O=C(Nc1cnn(Cc2cccc3ccccc23)c1)c1ccc2c(c1)CCNC2. The normalized spacial score (nSPS) is 13.2. The molecule has 1 aromatic heterocycles. The lowest BCUT2D eigenvalue weighted by molar-refractivity contribution is 0.102. The molecule has 3 aromatic carbocycles. The quantitative estimate of drug-likeness (QED) is 0.561. The van der Waals surface area contributed by atoms with Crippen molar-refractivity contribution in [1.29, 1.82) is 0 Å². The number of rotatable bonds is 4. The highest BCUT2D eigenvalue weighted by Crippen LogP contribution is 2.20. The predicted octanol–water partition coefficient (Wildman–Crippen LogP) is 3.98. The largest absolute Gasteiger partial charge is 0.319 e. The van der Waals surface area contributed by atoms with Gasteiger partial charge >= 0.3 is 0 Å². The first kappa shape index (κ1) is 17.6. The van der Waals surface area contributed by atoms with Crippen LogP contribution >= 0.6 is 0 Å². The third-order valence-electron chi connectivity index (χ3n) is 5.46. The predicted molar refractivity (Wildman–Crippen MR) is 115 cm³/mol. The van der Waals surface area contributed by atoms with Gasteiger partial charge in [-0.15, -0.1) is 0 Å². The molecule has 1 aliphatic heterocycles. The average molecular weight is 382 g/mol. The van der Waals surface area contributed by atoms with Gasteiger partial charge in [0.1, 0.15) is 0 Å². The lowest BCUT2D eigenvalue weighted by Gasteiger charge is -2.17. The molecule has 5 heteroatoms. The van der Waals surface area contributed by atoms with E-state index in [9.17, 15) is 4.79 Å². The molecule has 144 valence electrons. The Hall–Kier alpha value is -3.44. The summed E-state index contributed by atoms with van der Waals surface area (Å²) in [4.78, 5) is 12.7. The number of hydrogen-bond acceptors (Lipinski definition) is 3. The standard InChI is InChI=1S/C24H22N4O/c29-24(19-8-9-20-13-25-11-10-18(20)12-19)27-22-14-26-28(16-22)15-21-6-3-5-17-4-1-2-7-23(17)21/h1-9,12,14,16,25H,10-11,13,15H2,(H,27,29). The number of carbonyl (C=O) groups excluding carboxylic acids is 1. The molecule has 2 N–H and O–H groups in total. The molecule has 29 heavy (non-hydrogen) atoms. The Balaban J connectivity index is 1.32. The van der Waals surface area contributed by atoms with E-state index >= 15 is 0 Å². The number of hydrogen-bond donors (Lipinski definition) is 2. The second-order valence-electron chi connectivity index (χ2n) is 7.43. The van der Waals surface area contributed by atoms with E-state index in [4.69, 9.17) is 0 Å². The minimum Gasteiger partial charge on any atom is -0.319 e. The third-order valence-corrected chi connectivity index (χ3v) is 5.46. The summed E-state index contributed by atoms with van der Waals surface area (Å²) in [5.74, 6) is -0.101. The number of nitrogens with zero attached hydrogens (tertiary/aromatic N) is 2. The van der Waals surface area contributed by atoms with Crippen molar-refractivity contribution in [1.82, 2.24) is 15.1 Å². The molecule has 4 aromatic rings. The van der Waals surface area contributed by atoms with Crippen LogP contribution < -0.4 is 10.6 Å². The monoisotopic (exact) mass is 382 g/mol. The van der Waals surface area contributed by atoms with E-state index in [0.717, 1.165) is 19.5 Å². The van der Waals surface area contributed by atoms with Gasteiger partial charge in [-0.05, 0) is 52.6 Å². The highest BCUT2D eigenvalue weighted by molar-refractivity contribution is 6.04. The smallest absolute Gasteiger partial charge is 0.255 e. The second-order valence-corrected chi connectivity index (χ2v) is 7.43. The van der Waals surface area contributed by atoms with Crippen molar-refractivity contribution in [2.75, 3.05) is 11.9 Å². The van der Waals surface area contributed by atoms with Crippen molar-refractivity contribution in [2.45, 2.75) is 19.5 Å². The zero-order valence-corrected chi connectivity index (χ0v) is 16.1. The molecule has 0 aliphatic carbocycles. The number of nitrogens with one attached hydrogen (secondary N) is 2. The molecule has 0 unspecified atom stereocenters. The summed E-state index contributed by atoms with van der Waals surface area (Å²) < 4.78 is 1.86. The van der Waals surface area contributed by atoms with Crippen LogP contribution in [0.4, 0.5) is 5.69 Å². The topological polar surface area (TPSA) is 59.0 Å². The van der Waals surface area contributed by atoms with E-state index in [1.54, 1.807) is 6.20 Å². The van der Waals surface area contributed by atoms with Gasteiger partial charge in [0, 0.05) is 18.3 Å². The summed E-state index contributed by atoms with van der Waals surface area (Å²) in [7, 11) is 0. The summed E-state index contributed by atoms with van der Waals surface area (Å²) in [6, 6.07) is 20.6.